The zero-order chi connectivity index (χ0) is 22.6. The number of cyclic esters (lactones) is 1. The van der Waals surface area contributed by atoms with E-state index >= 15 is 0 Å². The van der Waals surface area contributed by atoms with Crippen molar-refractivity contribution in [2.24, 2.45) is 0 Å². The largest absolute Gasteiger partial charge is 0.458 e. The fourth-order valence-electron chi connectivity index (χ4n) is 4.44. The van der Waals surface area contributed by atoms with Crippen LogP contribution in [0.3, 0.4) is 0 Å². The Bertz CT molecular complexity index is 1360. The van der Waals surface area contributed by atoms with Gasteiger partial charge in [-0.25, -0.2) is 9.78 Å². The quantitative estimate of drug-likeness (QED) is 0.389. The first kappa shape index (κ1) is 20.4. The highest BCUT2D eigenvalue weighted by molar-refractivity contribution is 5.91. The van der Waals surface area contributed by atoms with E-state index in [0.29, 0.717) is 42.0 Å². The average molecular weight is 434 g/mol. The van der Waals surface area contributed by atoms with E-state index in [4.69, 9.17) is 14.5 Å². The molecule has 5 rings (SSSR count). The second-order valence-corrected chi connectivity index (χ2v) is 8.15. The Morgan fingerprint density at radius 3 is 2.84 bits per heavy atom. The molecule has 3 aromatic rings. The third-order valence-corrected chi connectivity index (χ3v) is 6.18. The van der Waals surface area contributed by atoms with Gasteiger partial charge in [-0.1, -0.05) is 26.0 Å². The molecule has 8 heteroatoms. The molecule has 164 valence electrons. The monoisotopic (exact) mass is 434 g/mol. The summed E-state index contributed by atoms with van der Waals surface area (Å²) in [5.41, 5.74) is 0.794. The summed E-state index contributed by atoms with van der Waals surface area (Å²) in [6.07, 6.45) is 1.06. The van der Waals surface area contributed by atoms with E-state index in [9.17, 15) is 19.5 Å². The molecule has 0 fully saturated rings. The lowest BCUT2D eigenvalue weighted by molar-refractivity contribution is -0.172. The number of aromatic nitrogens is 2. The molecule has 8 nitrogen and oxygen atoms in total. The maximum Gasteiger partial charge on any atom is 0.343 e. The zero-order valence-corrected chi connectivity index (χ0v) is 17.8. The summed E-state index contributed by atoms with van der Waals surface area (Å²) in [5, 5.41) is 11.8. The van der Waals surface area contributed by atoms with Gasteiger partial charge in [-0.2, -0.15) is 0 Å². The molecule has 1 N–H and O–H groups in total. The number of esters is 2. The van der Waals surface area contributed by atoms with E-state index in [-0.39, 0.29) is 35.7 Å². The lowest BCUT2D eigenvalue weighted by atomic mass is 9.86. The molecule has 2 aromatic heterocycles. The van der Waals surface area contributed by atoms with Crippen LogP contribution in [-0.4, -0.2) is 26.6 Å². The predicted molar refractivity (Wildman–Crippen MR) is 115 cm³/mol. The van der Waals surface area contributed by atoms with Crippen molar-refractivity contribution in [3.63, 3.8) is 0 Å². The number of fused-ring (bicyclic) bond motifs is 5. The summed E-state index contributed by atoms with van der Waals surface area (Å²) in [6.45, 7) is 3.72. The van der Waals surface area contributed by atoms with Gasteiger partial charge in [-0.15, -0.1) is 0 Å². The van der Waals surface area contributed by atoms with Crippen molar-refractivity contribution in [2.75, 3.05) is 0 Å². The molecule has 0 aliphatic carbocycles. The van der Waals surface area contributed by atoms with E-state index in [1.54, 1.807) is 29.7 Å². The number of carbonyl (C=O) groups is 2. The molecule has 1 atom stereocenters. The lowest BCUT2D eigenvalue weighted by Crippen LogP contribution is -2.44. The molecule has 0 unspecified atom stereocenters. The van der Waals surface area contributed by atoms with Crippen LogP contribution in [0.4, 0.5) is 0 Å². The van der Waals surface area contributed by atoms with Crippen LogP contribution in [0.1, 0.15) is 49.8 Å². The van der Waals surface area contributed by atoms with Gasteiger partial charge in [0.05, 0.1) is 23.5 Å². The van der Waals surface area contributed by atoms with Gasteiger partial charge in [-0.3, -0.25) is 9.59 Å². The molecule has 1 aromatic carbocycles. The standard InChI is InChI=1S/C24H22N2O6/c1-3-6-19(27)32-18-8-5-7-13-9-14-11-26-17(20(14)25-21(13)18)10-16-15(22(26)28)12-31-23(29)24(16,30)4-2/h5,7-10,30H,3-4,6,11-12H2,1-2H3/t24-/m0/s1. The first-order chi connectivity index (χ1) is 15.4. The molecule has 2 aliphatic heterocycles. The van der Waals surface area contributed by atoms with Crippen LogP contribution in [0.5, 0.6) is 5.75 Å². The van der Waals surface area contributed by atoms with E-state index < -0.39 is 11.6 Å². The first-order valence-electron chi connectivity index (χ1n) is 10.7. The Labute approximate surface area is 183 Å². The Morgan fingerprint density at radius 1 is 1.28 bits per heavy atom. The molecule has 32 heavy (non-hydrogen) atoms. The Kier molecular flexibility index (Phi) is 4.63. The summed E-state index contributed by atoms with van der Waals surface area (Å²) in [5.74, 6) is -0.734. The van der Waals surface area contributed by atoms with Gasteiger partial charge < -0.3 is 19.1 Å². The molecule has 0 radical (unpaired) electrons. The molecule has 0 amide bonds. The van der Waals surface area contributed by atoms with Gasteiger partial charge in [0, 0.05) is 22.9 Å². The molecule has 0 spiro atoms. The number of ether oxygens (including phenoxy) is 2. The molecule has 0 saturated carbocycles. The minimum absolute atomic E-state index is 0.0806. The summed E-state index contributed by atoms with van der Waals surface area (Å²) >= 11 is 0. The number of hydrogen-bond acceptors (Lipinski definition) is 7. The summed E-state index contributed by atoms with van der Waals surface area (Å²) in [7, 11) is 0. The Hall–Kier alpha value is -3.52. The van der Waals surface area contributed by atoms with Crippen LogP contribution in [-0.2, 0) is 33.1 Å². The number of benzene rings is 1. The average Bonchev–Trinajstić information content (AvgIpc) is 3.14. The zero-order valence-electron chi connectivity index (χ0n) is 17.8. The van der Waals surface area contributed by atoms with E-state index in [2.05, 4.69) is 0 Å². The van der Waals surface area contributed by atoms with Crippen LogP contribution in [0.2, 0.25) is 0 Å². The molecule has 0 saturated heterocycles. The van der Waals surface area contributed by atoms with Gasteiger partial charge in [0.15, 0.2) is 11.4 Å². The number of nitrogens with zero attached hydrogens (tertiary/aromatic N) is 2. The van der Waals surface area contributed by atoms with Crippen molar-refractivity contribution in [2.45, 2.75) is 51.9 Å². The summed E-state index contributed by atoms with van der Waals surface area (Å²) < 4.78 is 12.2. The normalized spacial score (nSPS) is 18.7. The van der Waals surface area contributed by atoms with Crippen molar-refractivity contribution < 1.29 is 24.2 Å². The highest BCUT2D eigenvalue weighted by Gasteiger charge is 2.45. The van der Waals surface area contributed by atoms with Gasteiger partial charge in [0.25, 0.3) is 5.56 Å². The van der Waals surface area contributed by atoms with Gasteiger partial charge in [0.1, 0.15) is 12.1 Å². The Balaban J connectivity index is 1.70. The van der Waals surface area contributed by atoms with Crippen molar-refractivity contribution >= 4 is 22.8 Å². The molecule has 0 bridgehead atoms. The maximum absolute atomic E-state index is 13.2. The number of para-hydroxylation sites is 1. The highest BCUT2D eigenvalue weighted by atomic mass is 16.6. The minimum atomic E-state index is -1.87. The van der Waals surface area contributed by atoms with Crippen LogP contribution in [0, 0.1) is 0 Å². The van der Waals surface area contributed by atoms with E-state index in [1.165, 1.54) is 0 Å². The van der Waals surface area contributed by atoms with E-state index in [1.807, 2.05) is 19.1 Å². The topological polar surface area (TPSA) is 108 Å². The molecule has 2 aliphatic rings. The summed E-state index contributed by atoms with van der Waals surface area (Å²) in [4.78, 5) is 42.3. The molecule has 4 heterocycles. The van der Waals surface area contributed by atoms with Crippen LogP contribution < -0.4 is 10.3 Å². The first-order valence-corrected chi connectivity index (χ1v) is 10.7. The minimum Gasteiger partial charge on any atom is -0.458 e. The second-order valence-electron chi connectivity index (χ2n) is 8.15. The molecular formula is C24H22N2O6. The number of rotatable bonds is 4. The second kappa shape index (κ2) is 7.27. The third kappa shape index (κ3) is 2.86. The Morgan fingerprint density at radius 2 is 2.09 bits per heavy atom. The highest BCUT2D eigenvalue weighted by Crippen LogP contribution is 2.39. The molecular weight excluding hydrogens is 412 g/mol. The third-order valence-electron chi connectivity index (χ3n) is 6.18. The van der Waals surface area contributed by atoms with E-state index in [0.717, 1.165) is 10.9 Å². The fraction of sp³-hybridized carbons (Fsp3) is 0.333. The number of hydrogen-bond donors (Lipinski definition) is 1. The number of pyridine rings is 2. The predicted octanol–water partition coefficient (Wildman–Crippen LogP) is 2.79. The van der Waals surface area contributed by atoms with Crippen LogP contribution in [0.15, 0.2) is 35.1 Å². The number of aliphatic hydroxyl groups is 1. The fourth-order valence-corrected chi connectivity index (χ4v) is 4.44. The lowest BCUT2D eigenvalue weighted by Gasteiger charge is -2.31. The van der Waals surface area contributed by atoms with Crippen molar-refractivity contribution in [1.82, 2.24) is 9.55 Å². The van der Waals surface area contributed by atoms with Gasteiger partial charge >= 0.3 is 11.9 Å². The van der Waals surface area contributed by atoms with Crippen LogP contribution >= 0.6 is 0 Å². The maximum atomic E-state index is 13.2. The smallest absolute Gasteiger partial charge is 0.343 e. The van der Waals surface area contributed by atoms with Crippen molar-refractivity contribution in [3.05, 3.63) is 57.4 Å². The summed E-state index contributed by atoms with van der Waals surface area (Å²) in [6, 6.07) is 8.95. The van der Waals surface area contributed by atoms with Crippen molar-refractivity contribution in [3.8, 4) is 17.1 Å². The number of carbonyl (C=O) groups excluding carboxylic acids is 2. The SMILES string of the molecule is CCCC(=O)Oc1cccc2cc3c(nc12)-c1cc2c(c(=O)n1C3)COC(=O)[C@]2(O)CC. The van der Waals surface area contributed by atoms with Crippen molar-refractivity contribution in [1.29, 1.82) is 0 Å². The van der Waals surface area contributed by atoms with Gasteiger partial charge in [-0.05, 0) is 31.0 Å². The van der Waals surface area contributed by atoms with Crippen LogP contribution in [0.25, 0.3) is 22.3 Å². The van der Waals surface area contributed by atoms with Gasteiger partial charge in [0.2, 0.25) is 0 Å².